The molecule has 0 aliphatic rings. The molecule has 0 unspecified atom stereocenters. The van der Waals surface area contributed by atoms with E-state index in [4.69, 9.17) is 11.6 Å². The summed E-state index contributed by atoms with van der Waals surface area (Å²) >= 11 is 0. The van der Waals surface area contributed by atoms with E-state index in [-0.39, 0.29) is 12.5 Å². The number of primary amides is 1. The number of nitrogens with two attached hydrogens (primary N) is 2. The minimum atomic E-state index is -0.355. The molecule has 1 aromatic heterocycles. The van der Waals surface area contributed by atoms with Gasteiger partial charge in [-0.15, -0.1) is 0 Å². The molecule has 90 valence electrons. The fourth-order valence-corrected chi connectivity index (χ4v) is 1.66. The molecule has 1 aromatic rings. The van der Waals surface area contributed by atoms with Gasteiger partial charge in [0.05, 0.1) is 12.2 Å². The third kappa shape index (κ3) is 2.71. The lowest BCUT2D eigenvalue weighted by molar-refractivity contribution is -0.118. The molecule has 0 atom stereocenters. The van der Waals surface area contributed by atoms with E-state index in [1.807, 2.05) is 18.9 Å². The number of hydrazine groups is 1. The Balaban J connectivity index is 2.83. The van der Waals surface area contributed by atoms with E-state index in [9.17, 15) is 4.79 Å². The second-order valence-corrected chi connectivity index (χ2v) is 3.82. The number of anilines is 1. The number of rotatable bonds is 5. The Morgan fingerprint density at radius 1 is 1.62 bits per heavy atom. The number of carbonyl (C=O) groups is 1. The molecular formula is C9H18N6O. The first-order valence-corrected chi connectivity index (χ1v) is 4.91. The summed E-state index contributed by atoms with van der Waals surface area (Å²) in [6.45, 7) is 2.68. The molecule has 0 bridgehead atoms. The zero-order valence-corrected chi connectivity index (χ0v) is 9.82. The molecule has 1 heterocycles. The Labute approximate surface area is 94.3 Å². The van der Waals surface area contributed by atoms with Crippen molar-refractivity contribution in [2.75, 3.05) is 19.0 Å². The van der Waals surface area contributed by atoms with Crippen LogP contribution in [-0.2, 0) is 18.4 Å². The summed E-state index contributed by atoms with van der Waals surface area (Å²) in [5.74, 6) is 5.81. The van der Waals surface area contributed by atoms with Crippen LogP contribution in [0.5, 0.6) is 0 Å². The van der Waals surface area contributed by atoms with Crippen molar-refractivity contribution in [2.45, 2.75) is 13.5 Å². The van der Waals surface area contributed by atoms with Crippen LogP contribution in [0.3, 0.4) is 0 Å². The van der Waals surface area contributed by atoms with Gasteiger partial charge in [0.2, 0.25) is 5.91 Å². The van der Waals surface area contributed by atoms with Crippen molar-refractivity contribution >= 4 is 11.7 Å². The smallest absolute Gasteiger partial charge is 0.231 e. The van der Waals surface area contributed by atoms with Crippen molar-refractivity contribution in [1.29, 1.82) is 0 Å². The zero-order valence-electron chi connectivity index (χ0n) is 9.82. The molecule has 0 radical (unpaired) electrons. The molecule has 0 aromatic carbocycles. The minimum absolute atomic E-state index is 0.207. The second-order valence-electron chi connectivity index (χ2n) is 3.82. The number of hydrogen-bond donors (Lipinski definition) is 3. The molecule has 0 spiro atoms. The molecule has 1 amide bonds. The van der Waals surface area contributed by atoms with Gasteiger partial charge in [-0.25, -0.2) is 5.84 Å². The second kappa shape index (κ2) is 4.95. The third-order valence-corrected chi connectivity index (χ3v) is 2.34. The number of aromatic nitrogens is 2. The van der Waals surface area contributed by atoms with Crippen LogP contribution in [-0.4, -0.2) is 34.2 Å². The molecule has 0 saturated heterocycles. The van der Waals surface area contributed by atoms with E-state index in [1.54, 1.807) is 11.7 Å². The van der Waals surface area contributed by atoms with Crippen LogP contribution >= 0.6 is 0 Å². The van der Waals surface area contributed by atoms with Crippen LogP contribution in [0.2, 0.25) is 0 Å². The summed E-state index contributed by atoms with van der Waals surface area (Å²) in [5.41, 5.74) is 9.57. The fourth-order valence-electron chi connectivity index (χ4n) is 1.66. The predicted molar refractivity (Wildman–Crippen MR) is 61.3 cm³/mol. The lowest BCUT2D eigenvalue weighted by atomic mass is 10.2. The minimum Gasteiger partial charge on any atom is -0.369 e. The molecule has 1 rings (SSSR count). The van der Waals surface area contributed by atoms with Gasteiger partial charge in [-0.3, -0.25) is 14.4 Å². The van der Waals surface area contributed by atoms with Crippen LogP contribution < -0.4 is 17.0 Å². The Kier molecular flexibility index (Phi) is 3.86. The predicted octanol–water partition coefficient (Wildman–Crippen LogP) is -1.07. The Hall–Kier alpha value is -1.60. The van der Waals surface area contributed by atoms with Gasteiger partial charge in [0, 0.05) is 19.2 Å². The SMILES string of the molecule is Cc1nn(C)c(NN)c1CN(C)CC(N)=O. The molecule has 7 nitrogen and oxygen atoms in total. The van der Waals surface area contributed by atoms with Crippen molar-refractivity contribution < 1.29 is 4.79 Å². The first-order chi connectivity index (χ1) is 7.45. The van der Waals surface area contributed by atoms with Crippen molar-refractivity contribution in [1.82, 2.24) is 14.7 Å². The number of nitrogen functional groups attached to an aromatic ring is 1. The van der Waals surface area contributed by atoms with Crippen molar-refractivity contribution in [3.8, 4) is 0 Å². The number of nitrogens with zero attached hydrogens (tertiary/aromatic N) is 3. The van der Waals surface area contributed by atoms with Crippen LogP contribution in [0.4, 0.5) is 5.82 Å². The largest absolute Gasteiger partial charge is 0.369 e. The Morgan fingerprint density at radius 3 is 2.75 bits per heavy atom. The van der Waals surface area contributed by atoms with E-state index in [1.165, 1.54) is 0 Å². The number of carbonyl (C=O) groups excluding carboxylic acids is 1. The summed E-state index contributed by atoms with van der Waals surface area (Å²) in [6.07, 6.45) is 0. The topological polar surface area (TPSA) is 102 Å². The summed E-state index contributed by atoms with van der Waals surface area (Å²) in [4.78, 5) is 12.6. The first kappa shape index (κ1) is 12.5. The lowest BCUT2D eigenvalue weighted by Gasteiger charge is -2.15. The summed E-state index contributed by atoms with van der Waals surface area (Å²) in [5, 5.41) is 4.25. The molecule has 0 saturated carbocycles. The number of nitrogens with one attached hydrogen (secondary N) is 1. The van der Waals surface area contributed by atoms with E-state index >= 15 is 0 Å². The molecule has 0 fully saturated rings. The molecular weight excluding hydrogens is 208 g/mol. The van der Waals surface area contributed by atoms with E-state index in [0.717, 1.165) is 17.1 Å². The molecule has 5 N–H and O–H groups in total. The molecule has 7 heteroatoms. The number of aryl methyl sites for hydroxylation is 2. The van der Waals surface area contributed by atoms with Gasteiger partial charge < -0.3 is 11.2 Å². The zero-order chi connectivity index (χ0) is 12.3. The van der Waals surface area contributed by atoms with Crippen LogP contribution in [0, 0.1) is 6.92 Å². The monoisotopic (exact) mass is 226 g/mol. The molecule has 0 aliphatic heterocycles. The van der Waals surface area contributed by atoms with Crippen LogP contribution in [0.15, 0.2) is 0 Å². The third-order valence-electron chi connectivity index (χ3n) is 2.34. The Bertz CT molecular complexity index is 386. The maximum absolute atomic E-state index is 10.8. The number of likely N-dealkylation sites (N-methyl/N-ethyl adjacent to an activating group) is 1. The molecule has 0 aliphatic carbocycles. The average molecular weight is 226 g/mol. The fraction of sp³-hybridized carbons (Fsp3) is 0.556. The van der Waals surface area contributed by atoms with Crippen molar-refractivity contribution in [2.24, 2.45) is 18.6 Å². The number of hydrogen-bond acceptors (Lipinski definition) is 5. The van der Waals surface area contributed by atoms with Gasteiger partial charge in [-0.1, -0.05) is 0 Å². The van der Waals surface area contributed by atoms with Crippen LogP contribution in [0.1, 0.15) is 11.3 Å². The van der Waals surface area contributed by atoms with Crippen molar-refractivity contribution in [3.63, 3.8) is 0 Å². The highest BCUT2D eigenvalue weighted by Gasteiger charge is 2.14. The van der Waals surface area contributed by atoms with Gasteiger partial charge in [0.25, 0.3) is 0 Å². The Morgan fingerprint density at radius 2 is 2.25 bits per heavy atom. The lowest BCUT2D eigenvalue weighted by Crippen LogP contribution is -2.30. The van der Waals surface area contributed by atoms with Gasteiger partial charge >= 0.3 is 0 Å². The summed E-state index contributed by atoms with van der Waals surface area (Å²) in [6, 6.07) is 0. The van der Waals surface area contributed by atoms with E-state index < -0.39 is 0 Å². The highest BCUT2D eigenvalue weighted by molar-refractivity contribution is 5.75. The van der Waals surface area contributed by atoms with E-state index in [2.05, 4.69) is 10.5 Å². The van der Waals surface area contributed by atoms with Gasteiger partial charge in [0.15, 0.2) is 0 Å². The van der Waals surface area contributed by atoms with Crippen molar-refractivity contribution in [3.05, 3.63) is 11.3 Å². The highest BCUT2D eigenvalue weighted by atomic mass is 16.1. The maximum atomic E-state index is 10.8. The van der Waals surface area contributed by atoms with Crippen LogP contribution in [0.25, 0.3) is 0 Å². The molecule has 16 heavy (non-hydrogen) atoms. The maximum Gasteiger partial charge on any atom is 0.231 e. The normalized spacial score (nSPS) is 10.8. The van der Waals surface area contributed by atoms with E-state index in [0.29, 0.717) is 6.54 Å². The number of amides is 1. The first-order valence-electron chi connectivity index (χ1n) is 4.91. The van der Waals surface area contributed by atoms with Gasteiger partial charge in [-0.05, 0) is 14.0 Å². The highest BCUT2D eigenvalue weighted by Crippen LogP contribution is 2.18. The standard InChI is InChI=1S/C9H18N6O/c1-6-7(4-14(2)5-8(10)16)9(12-11)15(3)13-6/h12H,4-5,11H2,1-3H3,(H2,10,16). The average Bonchev–Trinajstić information content (AvgIpc) is 2.40. The van der Waals surface area contributed by atoms with Gasteiger partial charge in [-0.2, -0.15) is 5.10 Å². The van der Waals surface area contributed by atoms with Gasteiger partial charge in [0.1, 0.15) is 5.82 Å². The summed E-state index contributed by atoms with van der Waals surface area (Å²) < 4.78 is 1.67. The quantitative estimate of drug-likeness (QED) is 0.438. The summed E-state index contributed by atoms with van der Waals surface area (Å²) in [7, 11) is 3.62.